The molecule has 0 spiro atoms. The zero-order valence-electron chi connectivity index (χ0n) is 9.69. The standard InChI is InChI=1S/C10H10F6O3/c1-2-3-4-19-5-6(7(17)9(11,12)13)8(18)10(14,15)16/h5H,2-4H2,1H3. The van der Waals surface area contributed by atoms with Crippen LogP contribution in [0.2, 0.25) is 0 Å². The first-order valence-corrected chi connectivity index (χ1v) is 5.06. The second kappa shape index (κ2) is 6.58. The van der Waals surface area contributed by atoms with Gasteiger partial charge in [-0.05, 0) is 6.42 Å². The van der Waals surface area contributed by atoms with Crippen LogP contribution in [0.15, 0.2) is 11.8 Å². The maximum atomic E-state index is 12.1. The van der Waals surface area contributed by atoms with E-state index in [9.17, 15) is 35.9 Å². The fourth-order valence-electron chi connectivity index (χ4n) is 0.885. The molecule has 0 fully saturated rings. The number of halogens is 6. The van der Waals surface area contributed by atoms with E-state index >= 15 is 0 Å². The van der Waals surface area contributed by atoms with E-state index in [0.717, 1.165) is 0 Å². The van der Waals surface area contributed by atoms with Gasteiger partial charge in [-0.1, -0.05) is 13.3 Å². The van der Waals surface area contributed by atoms with E-state index in [2.05, 4.69) is 4.74 Å². The second-order valence-electron chi connectivity index (χ2n) is 3.41. The molecule has 0 saturated heterocycles. The third-order valence-electron chi connectivity index (χ3n) is 1.82. The lowest BCUT2D eigenvalue weighted by atomic mass is 10.1. The molecule has 0 radical (unpaired) electrons. The maximum Gasteiger partial charge on any atom is 0.455 e. The van der Waals surface area contributed by atoms with Gasteiger partial charge in [-0.15, -0.1) is 0 Å². The van der Waals surface area contributed by atoms with Gasteiger partial charge in [0.15, 0.2) is 0 Å². The number of carbonyl (C=O) groups is 2. The van der Waals surface area contributed by atoms with E-state index in [1.54, 1.807) is 6.92 Å². The Kier molecular flexibility index (Phi) is 6.04. The Hall–Kier alpha value is -1.54. The van der Waals surface area contributed by atoms with Gasteiger partial charge in [-0.3, -0.25) is 9.59 Å². The highest BCUT2D eigenvalue weighted by Crippen LogP contribution is 2.27. The van der Waals surface area contributed by atoms with Crippen LogP contribution in [0, 0.1) is 0 Å². The molecule has 0 saturated carbocycles. The summed E-state index contributed by atoms with van der Waals surface area (Å²) in [6.45, 7) is 1.51. The molecule has 0 aliphatic heterocycles. The minimum Gasteiger partial charge on any atom is -0.500 e. The SMILES string of the molecule is CCCCOC=C(C(=O)C(F)(F)F)C(=O)C(F)(F)F. The van der Waals surface area contributed by atoms with Crippen LogP contribution in [0.25, 0.3) is 0 Å². The molecule has 0 rings (SSSR count). The molecule has 3 nitrogen and oxygen atoms in total. The van der Waals surface area contributed by atoms with Crippen molar-refractivity contribution in [3.8, 4) is 0 Å². The van der Waals surface area contributed by atoms with E-state index in [-0.39, 0.29) is 12.9 Å². The van der Waals surface area contributed by atoms with Crippen molar-refractivity contribution < 1.29 is 40.7 Å². The average Bonchev–Trinajstić information content (AvgIpc) is 2.25. The van der Waals surface area contributed by atoms with E-state index in [4.69, 9.17) is 0 Å². The summed E-state index contributed by atoms with van der Waals surface area (Å²) in [6, 6.07) is 0. The molecule has 9 heteroatoms. The van der Waals surface area contributed by atoms with Crippen LogP contribution in [-0.2, 0) is 14.3 Å². The molecule has 0 N–H and O–H groups in total. The zero-order chi connectivity index (χ0) is 15.3. The minimum absolute atomic E-state index is 0.0820. The molecule has 0 amide bonds. The van der Waals surface area contributed by atoms with Gasteiger partial charge in [0, 0.05) is 0 Å². The maximum absolute atomic E-state index is 12.1. The van der Waals surface area contributed by atoms with Crippen LogP contribution in [-0.4, -0.2) is 30.5 Å². The Morgan fingerprint density at radius 1 is 1.00 bits per heavy atom. The van der Waals surface area contributed by atoms with Gasteiger partial charge in [0.2, 0.25) is 0 Å². The summed E-state index contributed by atoms with van der Waals surface area (Å²) in [5, 5.41) is 0. The van der Waals surface area contributed by atoms with Gasteiger partial charge >= 0.3 is 12.4 Å². The van der Waals surface area contributed by atoms with Gasteiger partial charge in [0.25, 0.3) is 11.6 Å². The average molecular weight is 292 g/mol. The third kappa shape index (κ3) is 5.75. The van der Waals surface area contributed by atoms with Gasteiger partial charge in [0.1, 0.15) is 5.57 Å². The summed E-state index contributed by atoms with van der Waals surface area (Å²) in [6.07, 6.45) is -10.3. The van der Waals surface area contributed by atoms with Gasteiger partial charge in [-0.25, -0.2) is 0 Å². The first-order valence-electron chi connectivity index (χ1n) is 5.06. The molecule has 0 unspecified atom stereocenters. The molecule has 0 aromatic carbocycles. The predicted molar refractivity (Wildman–Crippen MR) is 51.1 cm³/mol. The molecular weight excluding hydrogens is 282 g/mol. The van der Waals surface area contributed by atoms with Crippen LogP contribution < -0.4 is 0 Å². The van der Waals surface area contributed by atoms with E-state index in [1.807, 2.05) is 0 Å². The molecule has 19 heavy (non-hydrogen) atoms. The highest BCUT2D eigenvalue weighted by Gasteiger charge is 2.50. The number of Topliss-reactive ketones (excluding diaryl/α,β-unsaturated/α-hetero) is 2. The fourth-order valence-corrected chi connectivity index (χ4v) is 0.885. The lowest BCUT2D eigenvalue weighted by Crippen LogP contribution is -2.34. The summed E-state index contributed by atoms with van der Waals surface area (Å²) < 4.78 is 76.7. The highest BCUT2D eigenvalue weighted by molar-refractivity contribution is 6.23. The van der Waals surface area contributed by atoms with E-state index in [0.29, 0.717) is 12.8 Å². The number of alkyl halides is 6. The number of rotatable bonds is 6. The largest absolute Gasteiger partial charge is 0.500 e. The number of ether oxygens (including phenoxy) is 1. The highest BCUT2D eigenvalue weighted by atomic mass is 19.4. The molecule has 0 aromatic rings. The number of unbranched alkanes of at least 4 members (excludes halogenated alkanes) is 1. The number of ketones is 2. The predicted octanol–water partition coefficient (Wildman–Crippen LogP) is 2.95. The van der Waals surface area contributed by atoms with E-state index < -0.39 is 29.5 Å². The molecule has 0 bridgehead atoms. The normalized spacial score (nSPS) is 11.9. The monoisotopic (exact) mass is 292 g/mol. The smallest absolute Gasteiger partial charge is 0.455 e. The summed E-state index contributed by atoms with van der Waals surface area (Å²) in [5.74, 6) is -5.77. The van der Waals surface area contributed by atoms with Crippen molar-refractivity contribution in [1.82, 2.24) is 0 Å². The van der Waals surface area contributed by atoms with Crippen molar-refractivity contribution in [3.05, 3.63) is 11.8 Å². The molecule has 0 heterocycles. The second-order valence-corrected chi connectivity index (χ2v) is 3.41. The summed E-state index contributed by atoms with van der Waals surface area (Å²) in [5.41, 5.74) is -2.07. The van der Waals surface area contributed by atoms with Crippen molar-refractivity contribution in [2.75, 3.05) is 6.61 Å². The Morgan fingerprint density at radius 2 is 1.42 bits per heavy atom. The molecule has 0 aliphatic rings. The van der Waals surface area contributed by atoms with Gasteiger partial charge in [0.05, 0.1) is 12.9 Å². The third-order valence-corrected chi connectivity index (χ3v) is 1.82. The molecule has 110 valence electrons. The van der Waals surface area contributed by atoms with Crippen molar-refractivity contribution in [1.29, 1.82) is 0 Å². The molecule has 0 aromatic heterocycles. The van der Waals surface area contributed by atoms with Crippen LogP contribution in [0.4, 0.5) is 26.3 Å². The summed E-state index contributed by atoms with van der Waals surface area (Å²) in [7, 11) is 0. The number of hydrogen-bond donors (Lipinski definition) is 0. The quantitative estimate of drug-likeness (QED) is 0.189. The van der Waals surface area contributed by atoms with Crippen LogP contribution >= 0.6 is 0 Å². The minimum atomic E-state index is -5.58. The first-order chi connectivity index (χ1) is 8.51. The first kappa shape index (κ1) is 17.5. The fraction of sp³-hybridized carbons (Fsp3) is 0.600. The molecule has 0 aliphatic carbocycles. The Balaban J connectivity index is 5.17. The Morgan fingerprint density at radius 3 is 1.74 bits per heavy atom. The van der Waals surface area contributed by atoms with Crippen molar-refractivity contribution in [3.63, 3.8) is 0 Å². The number of carbonyl (C=O) groups excluding carboxylic acids is 2. The lowest BCUT2D eigenvalue weighted by molar-refractivity contribution is -0.175. The molecular formula is C10H10F6O3. The number of hydrogen-bond acceptors (Lipinski definition) is 3. The van der Waals surface area contributed by atoms with Crippen molar-refractivity contribution in [2.45, 2.75) is 32.1 Å². The Labute approximate surface area is 104 Å². The number of allylic oxidation sites excluding steroid dienone is 1. The summed E-state index contributed by atoms with van der Waals surface area (Å²) in [4.78, 5) is 21.4. The van der Waals surface area contributed by atoms with Crippen molar-refractivity contribution in [2.24, 2.45) is 0 Å². The van der Waals surface area contributed by atoms with Crippen LogP contribution in [0.1, 0.15) is 19.8 Å². The van der Waals surface area contributed by atoms with Crippen LogP contribution in [0.5, 0.6) is 0 Å². The molecule has 0 atom stereocenters. The summed E-state index contributed by atoms with van der Waals surface area (Å²) >= 11 is 0. The van der Waals surface area contributed by atoms with Crippen molar-refractivity contribution >= 4 is 11.6 Å². The van der Waals surface area contributed by atoms with Crippen LogP contribution in [0.3, 0.4) is 0 Å². The topological polar surface area (TPSA) is 43.4 Å². The van der Waals surface area contributed by atoms with Gasteiger partial charge in [-0.2, -0.15) is 26.3 Å². The zero-order valence-corrected chi connectivity index (χ0v) is 9.69. The van der Waals surface area contributed by atoms with Gasteiger partial charge < -0.3 is 4.74 Å². The van der Waals surface area contributed by atoms with E-state index in [1.165, 1.54) is 0 Å². The lowest BCUT2D eigenvalue weighted by Gasteiger charge is -2.10. The Bertz CT molecular complexity index is 338.